The lowest BCUT2D eigenvalue weighted by Crippen LogP contribution is -2.59. The normalized spacial score (nSPS) is 18.5. The van der Waals surface area contributed by atoms with E-state index in [0.29, 0.717) is 17.7 Å². The van der Waals surface area contributed by atoms with Gasteiger partial charge in [-0.25, -0.2) is 4.79 Å². The second-order valence-corrected chi connectivity index (χ2v) is 29.8. The molecule has 2 fully saturated rings. The minimum Gasteiger partial charge on any atom is -0.455 e. The number of rotatable bonds is 17. The first-order valence-corrected chi connectivity index (χ1v) is 33.7. The molecule has 3 nitrogen and oxygen atoms in total. The van der Waals surface area contributed by atoms with E-state index in [1.165, 1.54) is 149 Å². The monoisotopic (exact) mass is 1140 g/mol. The van der Waals surface area contributed by atoms with E-state index in [0.717, 1.165) is 31.2 Å². The predicted octanol–water partition coefficient (Wildman–Crippen LogP) is 23.4. The van der Waals surface area contributed by atoms with Gasteiger partial charge in [0.25, 0.3) is 0 Å². The third-order valence-electron chi connectivity index (χ3n) is 21.6. The number of benzene rings is 5. The molecule has 4 aliphatic carbocycles. The van der Waals surface area contributed by atoms with Crippen LogP contribution in [-0.4, -0.2) is 12.3 Å². The van der Waals surface area contributed by atoms with E-state index >= 15 is 0 Å². The number of thiophene rings is 3. The van der Waals surface area contributed by atoms with Gasteiger partial charge in [0.15, 0.2) is 0 Å². The van der Waals surface area contributed by atoms with E-state index in [1.54, 1.807) is 18.1 Å². The second kappa shape index (κ2) is 21.5. The van der Waals surface area contributed by atoms with Crippen LogP contribution in [0.1, 0.15) is 193 Å². The smallest absolute Gasteiger partial charge is 0.336 e. The summed E-state index contributed by atoms with van der Waals surface area (Å²) in [5.74, 6) is 0.277. The molecule has 3 aromatic heterocycles. The summed E-state index contributed by atoms with van der Waals surface area (Å²) in [7, 11) is 0. The van der Waals surface area contributed by atoms with E-state index < -0.39 is 12.3 Å². The van der Waals surface area contributed by atoms with Crippen LogP contribution in [0.3, 0.4) is 0 Å². The van der Waals surface area contributed by atoms with Gasteiger partial charge in [0, 0.05) is 51.7 Å². The Kier molecular flexibility index (Phi) is 14.9. The molecule has 0 saturated heterocycles. The van der Waals surface area contributed by atoms with Crippen molar-refractivity contribution in [3.8, 4) is 69.8 Å². The van der Waals surface area contributed by atoms with Gasteiger partial charge < -0.3 is 9.47 Å². The summed E-state index contributed by atoms with van der Waals surface area (Å²) in [6.45, 7) is 30.2. The van der Waals surface area contributed by atoms with Crippen LogP contribution >= 0.6 is 34.0 Å². The molecule has 1 atom stereocenters. The van der Waals surface area contributed by atoms with Gasteiger partial charge in [-0.05, 0) is 227 Å². The Hall–Kier alpha value is -5.53. The van der Waals surface area contributed by atoms with E-state index in [9.17, 15) is 4.79 Å². The average Bonchev–Trinajstić information content (AvgIpc) is 1.54. The first-order valence-electron chi connectivity index (χ1n) is 31.3. The summed E-state index contributed by atoms with van der Waals surface area (Å²) in [5.41, 5.74) is 19.1. The quantitative estimate of drug-likeness (QED) is 0.0394. The molecule has 82 heavy (non-hydrogen) atoms. The molecule has 12 rings (SSSR count). The Morgan fingerprint density at radius 2 is 0.963 bits per heavy atom. The van der Waals surface area contributed by atoms with Crippen molar-refractivity contribution in [3.63, 3.8) is 0 Å². The number of carbonyl (C=O) groups is 1. The van der Waals surface area contributed by atoms with Crippen molar-refractivity contribution in [2.24, 2.45) is 21.7 Å². The molecule has 8 aromatic rings. The first-order chi connectivity index (χ1) is 39.4. The van der Waals surface area contributed by atoms with Gasteiger partial charge in [-0.2, -0.15) is 0 Å². The van der Waals surface area contributed by atoms with Gasteiger partial charge in [0.2, 0.25) is 6.29 Å². The average molecular weight is 1140 g/mol. The van der Waals surface area contributed by atoms with E-state index in [2.05, 4.69) is 185 Å². The summed E-state index contributed by atoms with van der Waals surface area (Å²) < 4.78 is 14.8. The molecule has 0 radical (unpaired) electrons. The topological polar surface area (TPSA) is 35.5 Å². The van der Waals surface area contributed by atoms with Crippen LogP contribution in [-0.2, 0) is 20.4 Å². The van der Waals surface area contributed by atoms with Crippen molar-refractivity contribution in [1.29, 1.82) is 0 Å². The van der Waals surface area contributed by atoms with Crippen LogP contribution in [0.25, 0.3) is 73.4 Å². The number of esters is 1. The van der Waals surface area contributed by atoms with E-state index in [4.69, 9.17) is 9.47 Å². The molecular formula is C76H86O3S3. The van der Waals surface area contributed by atoms with Gasteiger partial charge in [-0.15, -0.1) is 34.0 Å². The molecule has 0 bridgehead atoms. The number of fused-ring (bicyclic) bond motifs is 11. The predicted molar refractivity (Wildman–Crippen MR) is 352 cm³/mol. The standard InChI is InChI=1S/C76H86O3S3/c1-13-18-19-20-23-69(79-70(77)48(6)7)78-54-30-25-50(26-31-54)63-36-37-64(80-63)51-27-33-56-57-34-28-52(44-61(57)75(60(56)43-51)71(9,10)38-21-39-72(75,11)12)65-46-67-68(81-65)47-66(82-67)53-29-35-58-55-32-24-49(8)42-59(55)76(62(58)45-53)73(14-2,15-3)40-22-41-74(76,16-4)17-5/h24-37,42-47,69H,6,13-23,38-41H2,1-5,7-12H3. The maximum absolute atomic E-state index is 12.5. The summed E-state index contributed by atoms with van der Waals surface area (Å²) in [6, 6.07) is 47.8. The lowest BCUT2D eigenvalue weighted by molar-refractivity contribution is -0.159. The van der Waals surface area contributed by atoms with E-state index in [-0.39, 0.29) is 32.5 Å². The van der Waals surface area contributed by atoms with Crippen LogP contribution < -0.4 is 4.74 Å². The lowest BCUT2D eigenvalue weighted by atomic mass is 9.39. The molecule has 0 aliphatic heterocycles. The van der Waals surface area contributed by atoms with Crippen molar-refractivity contribution >= 4 is 49.4 Å². The van der Waals surface area contributed by atoms with Gasteiger partial charge in [-0.3, -0.25) is 0 Å². The highest BCUT2D eigenvalue weighted by Crippen LogP contribution is 2.74. The summed E-state index contributed by atoms with van der Waals surface area (Å²) >= 11 is 5.81. The molecule has 426 valence electrons. The van der Waals surface area contributed by atoms with Crippen molar-refractivity contribution in [2.75, 3.05) is 0 Å². The Morgan fingerprint density at radius 1 is 0.512 bits per heavy atom. The molecule has 2 saturated carbocycles. The maximum Gasteiger partial charge on any atom is 0.336 e. The minimum atomic E-state index is -0.646. The number of carbonyl (C=O) groups excluding carboxylic acids is 1. The van der Waals surface area contributed by atoms with Crippen molar-refractivity contribution < 1.29 is 14.3 Å². The highest BCUT2D eigenvalue weighted by Gasteiger charge is 2.67. The number of ether oxygens (including phenoxy) is 2. The van der Waals surface area contributed by atoms with Crippen LogP contribution in [0.5, 0.6) is 5.75 Å². The fourth-order valence-corrected chi connectivity index (χ4v) is 21.2. The highest BCUT2D eigenvalue weighted by molar-refractivity contribution is 7.31. The number of unbranched alkanes of at least 4 members (excludes halogenated alkanes) is 3. The third-order valence-corrected chi connectivity index (χ3v) is 25.2. The maximum atomic E-state index is 12.5. The van der Waals surface area contributed by atoms with Crippen molar-refractivity contribution in [3.05, 3.63) is 161 Å². The van der Waals surface area contributed by atoms with Crippen LogP contribution in [0.2, 0.25) is 0 Å². The SMILES string of the molecule is C=C(C)C(=O)OC(CCCCCC)Oc1ccc(-c2ccc(-c3ccc4c(c3)C3(c5cc(-c6cc7sc(-c8ccc9c(c8)C8(c%10cc(C)ccc%10-9)C(CC)(CC)CCCC8(CC)CC)cc7s6)ccc5-4)C(C)(C)CCCC3(C)C)s2)cc1. The molecular weight excluding hydrogens is 1060 g/mol. The minimum absolute atomic E-state index is 0.0173. The zero-order chi connectivity index (χ0) is 57.6. The lowest BCUT2D eigenvalue weighted by Gasteiger charge is -2.64. The van der Waals surface area contributed by atoms with Gasteiger partial charge in [0.1, 0.15) is 5.75 Å². The van der Waals surface area contributed by atoms with Gasteiger partial charge >= 0.3 is 5.97 Å². The Balaban J connectivity index is 0.863. The molecule has 3 heterocycles. The third kappa shape index (κ3) is 8.66. The molecule has 0 N–H and O–H groups in total. The second-order valence-electron chi connectivity index (χ2n) is 26.5. The molecule has 2 spiro atoms. The fourth-order valence-electron chi connectivity index (χ4n) is 17.8. The van der Waals surface area contributed by atoms with Crippen LogP contribution in [0.4, 0.5) is 0 Å². The van der Waals surface area contributed by atoms with Crippen LogP contribution in [0, 0.1) is 28.6 Å². The zero-order valence-corrected chi connectivity index (χ0v) is 53.3. The van der Waals surface area contributed by atoms with E-state index in [1.807, 2.05) is 46.1 Å². The summed E-state index contributed by atoms with van der Waals surface area (Å²) in [6.07, 6.45) is 16.7. The molecule has 4 aliphatic rings. The molecule has 5 aromatic carbocycles. The molecule has 6 heteroatoms. The van der Waals surface area contributed by atoms with Crippen molar-refractivity contribution in [2.45, 2.75) is 190 Å². The highest BCUT2D eigenvalue weighted by atomic mass is 32.1. The number of aryl methyl sites for hydroxylation is 1. The first kappa shape index (κ1) is 56.9. The zero-order valence-electron chi connectivity index (χ0n) is 50.9. The Labute approximate surface area is 502 Å². The molecule has 0 amide bonds. The Morgan fingerprint density at radius 3 is 1.46 bits per heavy atom. The van der Waals surface area contributed by atoms with Crippen molar-refractivity contribution in [1.82, 2.24) is 0 Å². The van der Waals surface area contributed by atoms with Gasteiger partial charge in [-0.1, -0.05) is 161 Å². The van der Waals surface area contributed by atoms with Crippen LogP contribution in [0.15, 0.2) is 133 Å². The fraction of sp³-hybridized carbons (Fsp3) is 0.434. The number of hydrogen-bond acceptors (Lipinski definition) is 6. The number of hydrogen-bond donors (Lipinski definition) is 0. The van der Waals surface area contributed by atoms with Gasteiger partial charge in [0.05, 0.1) is 0 Å². The largest absolute Gasteiger partial charge is 0.455 e. The summed E-state index contributed by atoms with van der Waals surface area (Å²) in [5, 5.41) is 0. The summed E-state index contributed by atoms with van der Waals surface area (Å²) in [4.78, 5) is 17.7. The Bertz CT molecular complexity index is 3660. The molecule has 1 unspecified atom stereocenters.